The molecule has 2 heterocycles. The van der Waals surface area contributed by atoms with Crippen LogP contribution in [0.5, 0.6) is 0 Å². The van der Waals surface area contributed by atoms with Gasteiger partial charge in [-0.2, -0.15) is 0 Å². The van der Waals surface area contributed by atoms with Crippen molar-refractivity contribution in [1.29, 1.82) is 0 Å². The molecule has 3 heteroatoms. The number of esters is 1. The molecule has 2 rings (SSSR count). The van der Waals surface area contributed by atoms with Crippen molar-refractivity contribution in [1.82, 2.24) is 4.98 Å². The summed E-state index contributed by atoms with van der Waals surface area (Å²) < 4.78 is 5.19. The van der Waals surface area contributed by atoms with E-state index in [4.69, 9.17) is 4.74 Å². The van der Waals surface area contributed by atoms with Crippen LogP contribution < -0.4 is 0 Å². The number of pyridine rings is 1. The summed E-state index contributed by atoms with van der Waals surface area (Å²) in [6.45, 7) is 1.89. The summed E-state index contributed by atoms with van der Waals surface area (Å²) in [6.07, 6.45) is 4.15. The predicted molar refractivity (Wildman–Crippen MR) is 46.9 cm³/mol. The van der Waals surface area contributed by atoms with Gasteiger partial charge in [0.25, 0.3) is 0 Å². The third-order valence-corrected chi connectivity index (χ3v) is 2.31. The average Bonchev–Trinajstić information content (AvgIpc) is 2.49. The van der Waals surface area contributed by atoms with Gasteiger partial charge in [-0.1, -0.05) is 6.92 Å². The average molecular weight is 177 g/mol. The summed E-state index contributed by atoms with van der Waals surface area (Å²) >= 11 is 0. The van der Waals surface area contributed by atoms with E-state index in [2.05, 4.69) is 4.98 Å². The van der Waals surface area contributed by atoms with Crippen LogP contribution in [0.4, 0.5) is 0 Å². The minimum absolute atomic E-state index is 0.0261. The normalized spacial score (nSPS) is 27.3. The Balaban J connectivity index is 2.17. The van der Waals surface area contributed by atoms with E-state index < -0.39 is 0 Å². The molecule has 0 radical (unpaired) electrons. The van der Waals surface area contributed by atoms with E-state index >= 15 is 0 Å². The van der Waals surface area contributed by atoms with E-state index in [1.54, 1.807) is 12.4 Å². The first-order chi connectivity index (χ1) is 6.27. The van der Waals surface area contributed by atoms with Crippen molar-refractivity contribution in [2.24, 2.45) is 5.92 Å². The lowest BCUT2D eigenvalue weighted by molar-refractivity contribution is -0.144. The number of aromatic nitrogens is 1. The van der Waals surface area contributed by atoms with E-state index in [0.29, 0.717) is 0 Å². The van der Waals surface area contributed by atoms with Crippen LogP contribution in [0.15, 0.2) is 24.5 Å². The van der Waals surface area contributed by atoms with Gasteiger partial charge in [0.15, 0.2) is 0 Å². The SMILES string of the molecule is CC1CC(c2ccncc2)OC1=O. The van der Waals surface area contributed by atoms with Crippen molar-refractivity contribution in [3.63, 3.8) is 0 Å². The number of hydrogen-bond acceptors (Lipinski definition) is 3. The van der Waals surface area contributed by atoms with E-state index in [9.17, 15) is 4.79 Å². The van der Waals surface area contributed by atoms with Crippen molar-refractivity contribution in [2.75, 3.05) is 0 Å². The maximum absolute atomic E-state index is 11.1. The van der Waals surface area contributed by atoms with Crippen molar-refractivity contribution in [2.45, 2.75) is 19.4 Å². The molecule has 0 aromatic carbocycles. The molecule has 0 bridgehead atoms. The third kappa shape index (κ3) is 1.54. The Morgan fingerprint density at radius 3 is 2.69 bits per heavy atom. The van der Waals surface area contributed by atoms with Crippen LogP contribution in [0.25, 0.3) is 0 Å². The molecule has 1 fully saturated rings. The number of ether oxygens (including phenoxy) is 1. The van der Waals surface area contributed by atoms with Crippen LogP contribution in [0.2, 0.25) is 0 Å². The van der Waals surface area contributed by atoms with E-state index in [1.807, 2.05) is 19.1 Å². The molecule has 0 saturated carbocycles. The Bertz CT molecular complexity index is 310. The van der Waals surface area contributed by atoms with Gasteiger partial charge in [0.05, 0.1) is 5.92 Å². The summed E-state index contributed by atoms with van der Waals surface area (Å²) in [6, 6.07) is 3.77. The number of nitrogens with zero attached hydrogens (tertiary/aromatic N) is 1. The fourth-order valence-corrected chi connectivity index (χ4v) is 1.50. The summed E-state index contributed by atoms with van der Waals surface area (Å²) in [5.74, 6) is -0.0695. The second-order valence-corrected chi connectivity index (χ2v) is 3.34. The second-order valence-electron chi connectivity index (χ2n) is 3.34. The number of carbonyl (C=O) groups excluding carboxylic acids is 1. The zero-order chi connectivity index (χ0) is 9.26. The third-order valence-electron chi connectivity index (χ3n) is 2.31. The van der Waals surface area contributed by atoms with Gasteiger partial charge in [0, 0.05) is 18.8 Å². The van der Waals surface area contributed by atoms with Crippen molar-refractivity contribution in [3.05, 3.63) is 30.1 Å². The molecule has 1 saturated heterocycles. The second kappa shape index (κ2) is 3.17. The number of carbonyl (C=O) groups is 1. The lowest BCUT2D eigenvalue weighted by atomic mass is 10.0. The number of cyclic esters (lactones) is 1. The summed E-state index contributed by atoms with van der Waals surface area (Å²) in [5, 5.41) is 0. The molecule has 2 atom stereocenters. The molecule has 1 aliphatic heterocycles. The van der Waals surface area contributed by atoms with E-state index in [0.717, 1.165) is 12.0 Å². The Hall–Kier alpha value is -1.38. The first-order valence-electron chi connectivity index (χ1n) is 4.38. The highest BCUT2D eigenvalue weighted by atomic mass is 16.5. The van der Waals surface area contributed by atoms with Crippen molar-refractivity contribution in [3.8, 4) is 0 Å². The van der Waals surface area contributed by atoms with Gasteiger partial charge >= 0.3 is 5.97 Å². The lowest BCUT2D eigenvalue weighted by Crippen LogP contribution is -2.01. The Morgan fingerprint density at radius 1 is 1.46 bits per heavy atom. The Kier molecular flexibility index (Phi) is 2.00. The highest BCUT2D eigenvalue weighted by Crippen LogP contribution is 2.32. The number of rotatable bonds is 1. The van der Waals surface area contributed by atoms with Gasteiger partial charge in [0.1, 0.15) is 6.10 Å². The molecular formula is C10H11NO2. The number of hydrogen-bond donors (Lipinski definition) is 0. The highest BCUT2D eigenvalue weighted by molar-refractivity contribution is 5.74. The topological polar surface area (TPSA) is 39.2 Å². The smallest absolute Gasteiger partial charge is 0.309 e. The van der Waals surface area contributed by atoms with Gasteiger partial charge in [-0.3, -0.25) is 9.78 Å². The predicted octanol–water partition coefficient (Wildman–Crippen LogP) is 1.71. The van der Waals surface area contributed by atoms with Gasteiger partial charge in [0.2, 0.25) is 0 Å². The van der Waals surface area contributed by atoms with Gasteiger partial charge in [-0.05, 0) is 17.7 Å². The van der Waals surface area contributed by atoms with Crippen LogP contribution >= 0.6 is 0 Å². The molecule has 0 amide bonds. The fourth-order valence-electron chi connectivity index (χ4n) is 1.50. The van der Waals surface area contributed by atoms with Crippen LogP contribution in [0, 0.1) is 5.92 Å². The van der Waals surface area contributed by atoms with Crippen LogP contribution in [0.3, 0.4) is 0 Å². The Morgan fingerprint density at radius 2 is 2.15 bits per heavy atom. The van der Waals surface area contributed by atoms with Crippen LogP contribution in [0.1, 0.15) is 25.0 Å². The van der Waals surface area contributed by atoms with Crippen molar-refractivity contribution < 1.29 is 9.53 Å². The van der Waals surface area contributed by atoms with Gasteiger partial charge in [-0.15, -0.1) is 0 Å². The maximum Gasteiger partial charge on any atom is 0.309 e. The molecule has 0 N–H and O–H groups in total. The summed E-state index contributed by atoms with van der Waals surface area (Å²) in [7, 11) is 0. The first-order valence-corrected chi connectivity index (χ1v) is 4.38. The zero-order valence-corrected chi connectivity index (χ0v) is 7.43. The molecule has 3 nitrogen and oxygen atoms in total. The molecule has 1 aromatic heterocycles. The molecule has 0 spiro atoms. The summed E-state index contributed by atoms with van der Waals surface area (Å²) in [5.41, 5.74) is 1.03. The van der Waals surface area contributed by atoms with E-state index in [1.165, 1.54) is 0 Å². The minimum Gasteiger partial charge on any atom is -0.457 e. The quantitative estimate of drug-likeness (QED) is 0.613. The molecule has 1 aromatic rings. The van der Waals surface area contributed by atoms with Crippen LogP contribution in [-0.4, -0.2) is 11.0 Å². The monoisotopic (exact) mass is 177 g/mol. The zero-order valence-electron chi connectivity index (χ0n) is 7.43. The Labute approximate surface area is 76.7 Å². The standard InChI is InChI=1S/C10H11NO2/c1-7-6-9(13-10(7)12)8-2-4-11-5-3-8/h2-5,7,9H,6H2,1H3. The first kappa shape index (κ1) is 8.23. The van der Waals surface area contributed by atoms with Gasteiger partial charge in [-0.25, -0.2) is 0 Å². The molecule has 0 aliphatic carbocycles. The molecule has 68 valence electrons. The van der Waals surface area contributed by atoms with Crippen LogP contribution in [-0.2, 0) is 9.53 Å². The largest absolute Gasteiger partial charge is 0.457 e. The maximum atomic E-state index is 11.1. The fraction of sp³-hybridized carbons (Fsp3) is 0.400. The molecular weight excluding hydrogens is 166 g/mol. The highest BCUT2D eigenvalue weighted by Gasteiger charge is 2.31. The molecule has 2 unspecified atom stereocenters. The molecule has 1 aliphatic rings. The lowest BCUT2D eigenvalue weighted by Gasteiger charge is -2.07. The van der Waals surface area contributed by atoms with E-state index in [-0.39, 0.29) is 18.0 Å². The molecule has 13 heavy (non-hydrogen) atoms. The van der Waals surface area contributed by atoms with Crippen molar-refractivity contribution >= 4 is 5.97 Å². The van der Waals surface area contributed by atoms with Gasteiger partial charge < -0.3 is 4.74 Å². The summed E-state index contributed by atoms with van der Waals surface area (Å²) in [4.78, 5) is 15.0. The minimum atomic E-state index is -0.0955.